The Hall–Kier alpha value is -3.66. The third kappa shape index (κ3) is 5.75. The fourth-order valence-corrected chi connectivity index (χ4v) is 7.05. The maximum atomic E-state index is 13.6. The van der Waals surface area contributed by atoms with Crippen LogP contribution in [0, 0.1) is 16.7 Å². The molecule has 2 aliphatic heterocycles. The summed E-state index contributed by atoms with van der Waals surface area (Å²) in [7, 11) is 0. The molecule has 0 bridgehead atoms. The summed E-state index contributed by atoms with van der Waals surface area (Å²) in [4.78, 5) is 30.9. The molecule has 1 spiro atoms. The van der Waals surface area contributed by atoms with Gasteiger partial charge in [0.25, 0.3) is 11.8 Å². The molecule has 2 saturated heterocycles. The summed E-state index contributed by atoms with van der Waals surface area (Å²) in [6, 6.07) is 23.1. The zero-order valence-corrected chi connectivity index (χ0v) is 24.0. The molecule has 0 radical (unpaired) electrons. The Morgan fingerprint density at radius 2 is 1.66 bits per heavy atom. The van der Waals surface area contributed by atoms with Gasteiger partial charge in [-0.05, 0) is 104 Å². The van der Waals surface area contributed by atoms with Crippen LogP contribution in [0.15, 0.2) is 66.7 Å². The zero-order valence-electron chi connectivity index (χ0n) is 23.2. The number of amides is 2. The van der Waals surface area contributed by atoms with Crippen molar-refractivity contribution in [2.45, 2.75) is 51.1 Å². The van der Waals surface area contributed by atoms with E-state index < -0.39 is 0 Å². The van der Waals surface area contributed by atoms with Crippen molar-refractivity contribution >= 4 is 23.4 Å². The maximum absolute atomic E-state index is 13.6. The van der Waals surface area contributed by atoms with Crippen molar-refractivity contribution in [1.82, 2.24) is 15.1 Å². The van der Waals surface area contributed by atoms with Crippen LogP contribution in [0.1, 0.15) is 81.1 Å². The van der Waals surface area contributed by atoms with Gasteiger partial charge in [-0.1, -0.05) is 48.0 Å². The van der Waals surface area contributed by atoms with Crippen LogP contribution in [0.5, 0.6) is 0 Å². The number of hydrogen-bond donors (Lipinski definition) is 1. The highest BCUT2D eigenvalue weighted by molar-refractivity contribution is 6.33. The predicted octanol–water partition coefficient (Wildman–Crippen LogP) is 6.15. The Balaban J connectivity index is 1.05. The highest BCUT2D eigenvalue weighted by Crippen LogP contribution is 2.42. The topological polar surface area (TPSA) is 76.4 Å². The number of carbonyl (C=O) groups excluding carboxylic acids is 2. The van der Waals surface area contributed by atoms with Crippen molar-refractivity contribution < 1.29 is 9.59 Å². The summed E-state index contributed by atoms with van der Waals surface area (Å²) < 4.78 is 0. The number of nitrogens with zero attached hydrogens (tertiary/aromatic N) is 3. The van der Waals surface area contributed by atoms with Crippen LogP contribution in [0.25, 0.3) is 0 Å². The largest absolute Gasteiger partial charge is 0.345 e. The van der Waals surface area contributed by atoms with Crippen molar-refractivity contribution in [2.75, 3.05) is 26.2 Å². The van der Waals surface area contributed by atoms with E-state index in [4.69, 9.17) is 11.6 Å². The van der Waals surface area contributed by atoms with E-state index in [0.29, 0.717) is 21.6 Å². The summed E-state index contributed by atoms with van der Waals surface area (Å²) in [6.07, 6.45) is 6.02. The SMILES string of the molecule is N#Cc1ccccc1CN1CCC2(CC1)CCN(C(=O)c1ccc3c(c1)C(NC(=O)c1ccccc1Cl)CC3)CC2. The first kappa shape index (κ1) is 27.5. The Bertz CT molecular complexity index is 1490. The first-order valence-electron chi connectivity index (χ1n) is 14.6. The third-order valence-corrected chi connectivity index (χ3v) is 9.78. The average molecular weight is 567 g/mol. The number of halogens is 1. The van der Waals surface area contributed by atoms with E-state index in [1.807, 2.05) is 47.4 Å². The van der Waals surface area contributed by atoms with E-state index in [9.17, 15) is 14.9 Å². The minimum absolute atomic E-state index is 0.0799. The number of carbonyl (C=O) groups is 2. The molecule has 7 heteroatoms. The van der Waals surface area contributed by atoms with Gasteiger partial charge in [-0.3, -0.25) is 14.5 Å². The molecule has 1 unspecified atom stereocenters. The van der Waals surface area contributed by atoms with Crippen molar-refractivity contribution in [3.05, 3.63) is 105 Å². The molecule has 3 aliphatic rings. The number of aryl methyl sites for hydroxylation is 1. The van der Waals surface area contributed by atoms with Gasteiger partial charge in [-0.25, -0.2) is 0 Å². The lowest BCUT2D eigenvalue weighted by atomic mass is 9.71. The Morgan fingerprint density at radius 3 is 2.41 bits per heavy atom. The number of nitriles is 1. The second-order valence-electron chi connectivity index (χ2n) is 11.8. The van der Waals surface area contributed by atoms with E-state index >= 15 is 0 Å². The minimum Gasteiger partial charge on any atom is -0.345 e. The highest BCUT2D eigenvalue weighted by atomic mass is 35.5. The lowest BCUT2D eigenvalue weighted by molar-refractivity contribution is 0.0285. The molecule has 210 valence electrons. The molecule has 1 aliphatic carbocycles. The molecule has 2 amide bonds. The van der Waals surface area contributed by atoms with Crippen molar-refractivity contribution in [3.63, 3.8) is 0 Å². The molecular formula is C34H35ClN4O2. The number of hydrogen-bond acceptors (Lipinski definition) is 4. The number of benzene rings is 3. The number of fused-ring (bicyclic) bond motifs is 1. The summed E-state index contributed by atoms with van der Waals surface area (Å²) >= 11 is 6.24. The van der Waals surface area contributed by atoms with Crippen molar-refractivity contribution in [1.29, 1.82) is 5.26 Å². The molecule has 2 heterocycles. The Morgan fingerprint density at radius 1 is 0.951 bits per heavy atom. The van der Waals surface area contributed by atoms with Gasteiger partial charge in [0.15, 0.2) is 0 Å². The Labute approximate surface area is 246 Å². The molecule has 1 N–H and O–H groups in total. The lowest BCUT2D eigenvalue weighted by Crippen LogP contribution is -2.48. The lowest BCUT2D eigenvalue weighted by Gasteiger charge is -2.47. The van der Waals surface area contributed by atoms with Gasteiger partial charge in [0.05, 0.1) is 28.3 Å². The van der Waals surface area contributed by atoms with Crippen molar-refractivity contribution in [3.8, 4) is 6.07 Å². The molecule has 3 aromatic rings. The predicted molar refractivity (Wildman–Crippen MR) is 160 cm³/mol. The molecule has 3 aromatic carbocycles. The third-order valence-electron chi connectivity index (χ3n) is 9.45. The molecule has 1 atom stereocenters. The van der Waals surface area contributed by atoms with Gasteiger partial charge in [0.1, 0.15) is 0 Å². The summed E-state index contributed by atoms with van der Waals surface area (Å²) in [5, 5.41) is 13.0. The number of rotatable bonds is 5. The number of likely N-dealkylation sites (tertiary alicyclic amines) is 2. The van der Waals surface area contributed by atoms with Gasteiger partial charge < -0.3 is 10.2 Å². The van der Waals surface area contributed by atoms with Gasteiger partial charge in [-0.2, -0.15) is 5.26 Å². The van der Waals surface area contributed by atoms with Crippen LogP contribution in [0.4, 0.5) is 0 Å². The van der Waals surface area contributed by atoms with Crippen LogP contribution >= 0.6 is 11.6 Å². The first-order valence-corrected chi connectivity index (χ1v) is 15.0. The van der Waals surface area contributed by atoms with E-state index in [1.165, 1.54) is 5.56 Å². The van der Waals surface area contributed by atoms with E-state index in [0.717, 1.165) is 87.9 Å². The summed E-state index contributed by atoms with van der Waals surface area (Å²) in [5.41, 5.74) is 5.56. The quantitative estimate of drug-likeness (QED) is 0.402. The smallest absolute Gasteiger partial charge is 0.253 e. The van der Waals surface area contributed by atoms with Gasteiger partial charge in [0, 0.05) is 25.2 Å². The van der Waals surface area contributed by atoms with Crippen LogP contribution < -0.4 is 5.32 Å². The molecule has 0 saturated carbocycles. The van der Waals surface area contributed by atoms with Crippen LogP contribution in [-0.4, -0.2) is 47.8 Å². The summed E-state index contributed by atoms with van der Waals surface area (Å²) in [6.45, 7) is 4.43. The Kier molecular flexibility index (Phi) is 7.84. The van der Waals surface area contributed by atoms with E-state index in [2.05, 4.69) is 28.4 Å². The number of piperidine rings is 2. The second kappa shape index (κ2) is 11.7. The van der Waals surface area contributed by atoms with Gasteiger partial charge in [0.2, 0.25) is 0 Å². The van der Waals surface area contributed by atoms with E-state index in [1.54, 1.807) is 12.1 Å². The van der Waals surface area contributed by atoms with Crippen molar-refractivity contribution in [2.24, 2.45) is 5.41 Å². The van der Waals surface area contributed by atoms with Gasteiger partial charge >= 0.3 is 0 Å². The monoisotopic (exact) mass is 566 g/mol. The van der Waals surface area contributed by atoms with Gasteiger partial charge in [-0.15, -0.1) is 0 Å². The number of nitrogens with one attached hydrogen (secondary N) is 1. The standard InChI is InChI=1S/C34H35ClN4O2/c35-30-8-4-3-7-28(30)32(40)37-31-12-11-24-9-10-25(21-29(24)31)33(41)39-19-15-34(16-20-39)13-17-38(18-14-34)23-27-6-2-1-5-26(27)22-36/h1-10,21,31H,11-20,23H2,(H,37,40). The fourth-order valence-electron chi connectivity index (χ4n) is 6.83. The molecule has 6 nitrogen and oxygen atoms in total. The highest BCUT2D eigenvalue weighted by Gasteiger charge is 2.39. The normalized spacial score (nSPS) is 19.9. The maximum Gasteiger partial charge on any atom is 0.253 e. The first-order chi connectivity index (χ1) is 19.9. The molecule has 41 heavy (non-hydrogen) atoms. The average Bonchev–Trinajstić information content (AvgIpc) is 3.40. The van der Waals surface area contributed by atoms with Crippen LogP contribution in [0.3, 0.4) is 0 Å². The molecule has 6 rings (SSSR count). The van der Waals surface area contributed by atoms with E-state index in [-0.39, 0.29) is 17.9 Å². The molecule has 0 aromatic heterocycles. The van der Waals surface area contributed by atoms with Crippen LogP contribution in [0.2, 0.25) is 5.02 Å². The second-order valence-corrected chi connectivity index (χ2v) is 12.2. The minimum atomic E-state index is -0.188. The molecule has 2 fully saturated rings. The fraction of sp³-hybridized carbons (Fsp3) is 0.382. The molecular weight excluding hydrogens is 532 g/mol. The van der Waals surface area contributed by atoms with Crippen LogP contribution in [-0.2, 0) is 13.0 Å². The zero-order chi connectivity index (χ0) is 28.4. The summed E-state index contributed by atoms with van der Waals surface area (Å²) in [5.74, 6) is -0.108.